The highest BCUT2D eigenvalue weighted by Crippen LogP contribution is 2.45. The van der Waals surface area contributed by atoms with Gasteiger partial charge in [0.2, 0.25) is 5.91 Å². The molecule has 10 nitrogen and oxygen atoms in total. The quantitative estimate of drug-likeness (QED) is 0.231. The molecule has 3 amide bonds. The monoisotopic (exact) mass is 604 g/mol. The van der Waals surface area contributed by atoms with Crippen molar-refractivity contribution >= 4 is 42.9 Å². The van der Waals surface area contributed by atoms with Gasteiger partial charge in [-0.25, -0.2) is 14.2 Å². The lowest BCUT2D eigenvalue weighted by Gasteiger charge is -2.28. The van der Waals surface area contributed by atoms with E-state index in [1.54, 1.807) is 34.5 Å². The van der Waals surface area contributed by atoms with Crippen LogP contribution in [0.25, 0.3) is 11.1 Å². The van der Waals surface area contributed by atoms with E-state index in [1.807, 2.05) is 19.1 Å². The van der Waals surface area contributed by atoms with Crippen LogP contribution < -0.4 is 19.9 Å². The molecule has 6 rings (SSSR count). The van der Waals surface area contributed by atoms with Gasteiger partial charge in [0.15, 0.2) is 0 Å². The third kappa shape index (κ3) is 6.07. The number of anilines is 4. The number of carbonyl (C=O) groups excluding carboxylic acids is 2. The number of ether oxygens (including phenoxy) is 2. The van der Waals surface area contributed by atoms with E-state index in [-0.39, 0.29) is 30.5 Å². The topological polar surface area (TPSA) is 100 Å². The van der Waals surface area contributed by atoms with Crippen molar-refractivity contribution in [3.8, 4) is 16.9 Å². The van der Waals surface area contributed by atoms with Crippen LogP contribution in [-0.2, 0) is 9.53 Å². The molecule has 2 saturated heterocycles. The first-order valence-electron chi connectivity index (χ1n) is 14.7. The van der Waals surface area contributed by atoms with E-state index < -0.39 is 13.9 Å². The van der Waals surface area contributed by atoms with E-state index in [0.717, 1.165) is 17.2 Å². The number of nitrogens with zero attached hydrogens (tertiary/aromatic N) is 5. The molecule has 2 fully saturated rings. The molecule has 2 aromatic heterocycles. The van der Waals surface area contributed by atoms with Crippen molar-refractivity contribution in [2.45, 2.75) is 51.6 Å². The minimum absolute atomic E-state index is 0.0765. The predicted octanol–water partition coefficient (Wildman–Crippen LogP) is 6.16. The number of benzene rings is 1. The van der Waals surface area contributed by atoms with E-state index in [0.29, 0.717) is 67.6 Å². The number of carbonyl (C=O) groups is 2. The van der Waals surface area contributed by atoms with Gasteiger partial charge >= 0.3 is 6.03 Å². The van der Waals surface area contributed by atoms with Crippen LogP contribution in [0.2, 0.25) is 25.7 Å². The second-order valence-electron chi connectivity index (χ2n) is 12.5. The number of aromatic nitrogens is 2. The fraction of sp³-hybridized carbons (Fsp3) is 0.419. The number of rotatable bonds is 9. The summed E-state index contributed by atoms with van der Waals surface area (Å²) in [4.78, 5) is 39.1. The maximum atomic E-state index is 15.2. The van der Waals surface area contributed by atoms with Gasteiger partial charge in [0.25, 0.3) is 0 Å². The summed E-state index contributed by atoms with van der Waals surface area (Å²) in [5.41, 5.74) is 3.86. The molecule has 0 saturated carbocycles. The summed E-state index contributed by atoms with van der Waals surface area (Å²) < 4.78 is 27.2. The summed E-state index contributed by atoms with van der Waals surface area (Å²) in [7, 11) is -1.19. The predicted molar refractivity (Wildman–Crippen MR) is 166 cm³/mol. The zero-order valence-corrected chi connectivity index (χ0v) is 26.0. The van der Waals surface area contributed by atoms with E-state index in [4.69, 9.17) is 9.47 Å². The van der Waals surface area contributed by atoms with Crippen molar-refractivity contribution in [3.63, 3.8) is 0 Å². The molecule has 43 heavy (non-hydrogen) atoms. The van der Waals surface area contributed by atoms with Crippen molar-refractivity contribution in [1.82, 2.24) is 14.9 Å². The second-order valence-corrected chi connectivity index (χ2v) is 18.1. The van der Waals surface area contributed by atoms with E-state index in [2.05, 4.69) is 34.9 Å². The highest BCUT2D eigenvalue weighted by Gasteiger charge is 2.31. The van der Waals surface area contributed by atoms with Gasteiger partial charge in [0.1, 0.15) is 30.2 Å². The van der Waals surface area contributed by atoms with E-state index in [1.165, 1.54) is 11.0 Å². The first kappa shape index (κ1) is 29.1. The molecule has 12 heteroatoms. The SMILES string of the molecule is C[C@@H]1Oc2cc(N3CCCC3=O)c(F)cc2-c2cnc(Nc3cncc(N4CCN(COCC[Si](C)(C)C)C4=O)c3)cc21. The largest absolute Gasteiger partial charge is 0.485 e. The molecular formula is C31H37FN6O4Si. The summed E-state index contributed by atoms with van der Waals surface area (Å²) in [5.74, 6) is 0.562. The number of nitrogens with one attached hydrogen (secondary N) is 1. The molecule has 0 radical (unpaired) electrons. The van der Waals surface area contributed by atoms with Crippen molar-refractivity contribution < 1.29 is 23.5 Å². The summed E-state index contributed by atoms with van der Waals surface area (Å²) in [6.07, 6.45) is 5.88. The van der Waals surface area contributed by atoms with Crippen LogP contribution in [0.15, 0.2) is 42.9 Å². The van der Waals surface area contributed by atoms with Crippen molar-refractivity contribution in [3.05, 3.63) is 54.2 Å². The third-order valence-corrected chi connectivity index (χ3v) is 9.73. The molecule has 226 valence electrons. The summed E-state index contributed by atoms with van der Waals surface area (Å²) in [6.45, 7) is 11.4. The minimum atomic E-state index is -1.19. The van der Waals surface area contributed by atoms with Gasteiger partial charge in [-0.3, -0.25) is 19.6 Å². The molecule has 0 aliphatic carbocycles. The van der Waals surface area contributed by atoms with Gasteiger partial charge in [0.05, 0.1) is 29.5 Å². The smallest absolute Gasteiger partial charge is 0.326 e. The van der Waals surface area contributed by atoms with E-state index in [9.17, 15) is 9.59 Å². The first-order valence-corrected chi connectivity index (χ1v) is 18.5. The molecule has 0 unspecified atom stereocenters. The summed E-state index contributed by atoms with van der Waals surface area (Å²) >= 11 is 0. The summed E-state index contributed by atoms with van der Waals surface area (Å²) in [6, 6.07) is 7.75. The van der Waals surface area contributed by atoms with Crippen LogP contribution in [0.1, 0.15) is 31.4 Å². The standard InChI is InChI=1S/C31H37FN6O4Si/c1-20-23-14-29(34-18-25(23)24-13-26(32)27(15-28(24)42-20)38-7-5-6-30(38)39)35-21-12-22(17-33-16-21)37-9-8-36(31(37)40)19-41-10-11-43(2,3)4/h12-18,20H,5-11,19H2,1-4H3,(H,34,35)/t20-/m0/s1. The molecule has 0 bridgehead atoms. The van der Waals surface area contributed by atoms with Crippen LogP contribution in [0, 0.1) is 5.82 Å². The van der Waals surface area contributed by atoms with Crippen LogP contribution >= 0.6 is 0 Å². The average Bonchev–Trinajstić information content (AvgIpc) is 3.56. The Balaban J connectivity index is 1.16. The third-order valence-electron chi connectivity index (χ3n) is 8.03. The minimum Gasteiger partial charge on any atom is -0.485 e. The Morgan fingerprint density at radius 3 is 2.65 bits per heavy atom. The molecule has 1 aromatic carbocycles. The molecule has 3 aliphatic rings. The Kier molecular flexibility index (Phi) is 7.82. The lowest BCUT2D eigenvalue weighted by atomic mass is 9.94. The first-order chi connectivity index (χ1) is 20.6. The number of pyridine rings is 2. The van der Waals surface area contributed by atoms with Gasteiger partial charge in [-0.2, -0.15) is 0 Å². The fourth-order valence-electron chi connectivity index (χ4n) is 5.60. The highest BCUT2D eigenvalue weighted by molar-refractivity contribution is 6.76. The van der Waals surface area contributed by atoms with Gasteiger partial charge < -0.3 is 19.7 Å². The Morgan fingerprint density at radius 2 is 1.88 bits per heavy atom. The molecule has 5 heterocycles. The van der Waals surface area contributed by atoms with Crippen LogP contribution in [0.3, 0.4) is 0 Å². The van der Waals surface area contributed by atoms with Gasteiger partial charge in [-0.1, -0.05) is 19.6 Å². The van der Waals surface area contributed by atoms with Crippen LogP contribution in [0.4, 0.5) is 32.1 Å². The van der Waals surface area contributed by atoms with Gasteiger partial charge in [-0.05, 0) is 37.6 Å². The Hall–Kier alpha value is -4.03. The Bertz CT molecular complexity index is 1560. The number of amides is 3. The highest BCUT2D eigenvalue weighted by atomic mass is 28.3. The number of urea groups is 1. The molecule has 0 spiro atoms. The van der Waals surface area contributed by atoms with Crippen molar-refractivity contribution in [1.29, 1.82) is 0 Å². The van der Waals surface area contributed by atoms with Crippen molar-refractivity contribution in [2.75, 3.05) is 48.1 Å². The Labute approximate surface area is 251 Å². The molecule has 1 N–H and O–H groups in total. The van der Waals surface area contributed by atoms with Gasteiger partial charge in [-0.15, -0.1) is 0 Å². The van der Waals surface area contributed by atoms with Gasteiger partial charge in [0, 0.05) is 69.7 Å². The number of fused-ring (bicyclic) bond motifs is 3. The van der Waals surface area contributed by atoms with Crippen LogP contribution in [-0.4, -0.2) is 67.9 Å². The summed E-state index contributed by atoms with van der Waals surface area (Å²) in [5, 5.41) is 3.29. The Morgan fingerprint density at radius 1 is 1.05 bits per heavy atom. The zero-order chi connectivity index (χ0) is 30.3. The molecule has 3 aliphatic heterocycles. The molecular weight excluding hydrogens is 567 g/mol. The molecule has 3 aromatic rings. The molecule has 1 atom stereocenters. The lowest BCUT2D eigenvalue weighted by molar-refractivity contribution is -0.117. The lowest BCUT2D eigenvalue weighted by Crippen LogP contribution is -2.34. The number of hydrogen-bond acceptors (Lipinski definition) is 7. The van der Waals surface area contributed by atoms with E-state index >= 15 is 4.39 Å². The van der Waals surface area contributed by atoms with Crippen molar-refractivity contribution in [2.24, 2.45) is 0 Å². The number of hydrogen-bond donors (Lipinski definition) is 1. The average molecular weight is 605 g/mol. The maximum Gasteiger partial charge on any atom is 0.326 e. The fourth-order valence-corrected chi connectivity index (χ4v) is 6.36. The zero-order valence-electron chi connectivity index (χ0n) is 25.0. The second kappa shape index (κ2) is 11.6. The van der Waals surface area contributed by atoms with Crippen LogP contribution in [0.5, 0.6) is 5.75 Å². The normalized spacial score (nSPS) is 18.2. The number of halogens is 1. The maximum absolute atomic E-state index is 15.2.